The molecule has 0 amide bonds. The van der Waals surface area contributed by atoms with Gasteiger partial charge in [0.25, 0.3) is 8.32 Å². The van der Waals surface area contributed by atoms with Crippen LogP contribution in [0, 0.1) is 17.8 Å². The van der Waals surface area contributed by atoms with Crippen molar-refractivity contribution >= 4 is 32.8 Å². The third-order valence-corrected chi connectivity index (χ3v) is 20.7. The van der Waals surface area contributed by atoms with Gasteiger partial charge in [0.2, 0.25) is 0 Å². The molecule has 0 spiro atoms. The molecule has 0 bridgehead atoms. The fraction of sp³-hybridized carbons (Fsp3) is 0.639. The van der Waals surface area contributed by atoms with Crippen LogP contribution in [0.5, 0.6) is 0 Å². The molecular formula is C36H56O6Si2. The van der Waals surface area contributed by atoms with Gasteiger partial charge in [-0.1, -0.05) is 109 Å². The minimum absolute atomic E-state index is 0.00337. The number of hydrogen-bond donors (Lipinski definition) is 1. The Morgan fingerprint density at radius 3 is 1.89 bits per heavy atom. The molecule has 44 heavy (non-hydrogen) atoms. The van der Waals surface area contributed by atoms with Crippen molar-refractivity contribution in [3.8, 4) is 0 Å². The molecule has 2 aliphatic rings. The highest BCUT2D eigenvalue weighted by Gasteiger charge is 2.61. The van der Waals surface area contributed by atoms with E-state index >= 15 is 0 Å². The monoisotopic (exact) mass is 640 g/mol. The van der Waals surface area contributed by atoms with Gasteiger partial charge in [-0.2, -0.15) is 0 Å². The van der Waals surface area contributed by atoms with Gasteiger partial charge in [-0.15, -0.1) is 0 Å². The van der Waals surface area contributed by atoms with E-state index in [0.29, 0.717) is 0 Å². The van der Waals surface area contributed by atoms with Crippen molar-refractivity contribution < 1.29 is 28.2 Å². The van der Waals surface area contributed by atoms with Crippen LogP contribution < -0.4 is 10.4 Å². The van der Waals surface area contributed by atoms with Gasteiger partial charge in [-0.05, 0) is 58.7 Å². The average Bonchev–Trinajstić information content (AvgIpc) is 3.32. The number of methoxy groups -OCH3 is 1. The van der Waals surface area contributed by atoms with Crippen molar-refractivity contribution in [1.82, 2.24) is 0 Å². The van der Waals surface area contributed by atoms with E-state index < -0.39 is 34.4 Å². The van der Waals surface area contributed by atoms with Crippen molar-refractivity contribution in [2.24, 2.45) is 17.8 Å². The maximum Gasteiger partial charge on any atom is 0.261 e. The zero-order valence-electron chi connectivity index (χ0n) is 28.5. The minimum atomic E-state index is -2.86. The number of Topliss-reactive ketones (excluding diaryl/α,β-unsaturated/α-hetero) is 1. The number of carbonyl (C=O) groups excluding carboxylic acids is 1. The summed E-state index contributed by atoms with van der Waals surface area (Å²) in [6, 6.07) is 24.3. The lowest BCUT2D eigenvalue weighted by Gasteiger charge is -2.46. The molecule has 0 radical (unpaired) electrons. The maximum absolute atomic E-state index is 14.1. The lowest BCUT2D eigenvalue weighted by molar-refractivity contribution is -0.165. The predicted octanol–water partition coefficient (Wildman–Crippen LogP) is 6.31. The molecule has 0 unspecified atom stereocenters. The smallest absolute Gasteiger partial charge is 0.261 e. The Balaban J connectivity index is 1.87. The molecule has 2 fully saturated rings. The molecule has 0 saturated heterocycles. The van der Waals surface area contributed by atoms with Crippen LogP contribution in [-0.2, 0) is 23.1 Å². The first-order chi connectivity index (χ1) is 20.8. The molecule has 0 aliphatic heterocycles. The van der Waals surface area contributed by atoms with Gasteiger partial charge in [0.1, 0.15) is 19.0 Å². The molecular weight excluding hydrogens is 585 g/mol. The van der Waals surface area contributed by atoms with E-state index in [9.17, 15) is 9.90 Å². The van der Waals surface area contributed by atoms with Gasteiger partial charge in [0.05, 0.1) is 5.60 Å². The summed E-state index contributed by atoms with van der Waals surface area (Å²) >= 11 is 0. The number of fused-ring (bicyclic) bond motifs is 1. The maximum atomic E-state index is 14.1. The highest BCUT2D eigenvalue weighted by molar-refractivity contribution is 6.99. The number of aliphatic hydroxyl groups is 1. The van der Waals surface area contributed by atoms with E-state index in [1.807, 2.05) is 6.92 Å². The molecule has 2 aliphatic carbocycles. The standard InChI is InChI=1S/C36H56O6Si2/c1-10-43(11-2,12-3)42-34-32-26(4)31(23-29(32)36(8,40-25-39-9)24-30(37)33(34)38)41-44(35(5,6)7,27-19-15-13-16-20-27)28-21-17-14-18-22-28/h13-22,26,29-32,34,37H,10-12,23-25H2,1-9H3/t26-,29-,30-,31-,32+,34-,36-/m0/s1. The summed E-state index contributed by atoms with van der Waals surface area (Å²) in [5.41, 5.74) is -0.777. The van der Waals surface area contributed by atoms with Gasteiger partial charge < -0.3 is 23.4 Å². The van der Waals surface area contributed by atoms with Gasteiger partial charge in [0, 0.05) is 25.6 Å². The third kappa shape index (κ3) is 6.46. The van der Waals surface area contributed by atoms with Gasteiger partial charge in [0.15, 0.2) is 14.1 Å². The van der Waals surface area contributed by atoms with Gasteiger partial charge in [-0.3, -0.25) is 4.79 Å². The molecule has 244 valence electrons. The Labute approximate surface area is 268 Å². The summed E-state index contributed by atoms with van der Waals surface area (Å²) in [6.45, 7) is 17.9. The number of rotatable bonds is 12. The van der Waals surface area contributed by atoms with Crippen molar-refractivity contribution in [2.75, 3.05) is 13.9 Å². The molecule has 4 rings (SSSR count). The van der Waals surface area contributed by atoms with Crippen LogP contribution >= 0.6 is 0 Å². The number of carbonyl (C=O) groups is 1. The Hall–Kier alpha value is -1.66. The first-order valence-electron chi connectivity index (χ1n) is 16.6. The SMILES string of the molecule is CC[Si](CC)(CC)O[C@@H]1C(=O)[C@@H](O)C[C@](C)(OCOC)[C@H]2C[C@H](O[Si](c3ccccc3)(c3ccccc3)C(C)(C)C)[C@H](C)[C@@H]12. The molecule has 0 heterocycles. The van der Waals surface area contributed by atoms with E-state index in [0.717, 1.165) is 24.6 Å². The van der Waals surface area contributed by atoms with Crippen molar-refractivity contribution in [2.45, 2.75) is 115 Å². The second-order valence-corrected chi connectivity index (χ2v) is 23.3. The number of ketones is 1. The number of benzene rings is 2. The van der Waals surface area contributed by atoms with Crippen LogP contribution in [0.2, 0.25) is 23.2 Å². The van der Waals surface area contributed by atoms with Crippen LogP contribution in [0.3, 0.4) is 0 Å². The summed E-state index contributed by atoms with van der Waals surface area (Å²) in [4.78, 5) is 14.1. The molecule has 7 atom stereocenters. The van der Waals surface area contributed by atoms with Crippen LogP contribution in [0.1, 0.15) is 68.2 Å². The molecule has 1 N–H and O–H groups in total. The normalized spacial score (nSPS) is 29.8. The Morgan fingerprint density at radius 2 is 1.43 bits per heavy atom. The number of ether oxygens (including phenoxy) is 2. The molecule has 0 aromatic heterocycles. The number of hydrogen-bond acceptors (Lipinski definition) is 6. The van der Waals surface area contributed by atoms with Gasteiger partial charge in [-0.25, -0.2) is 0 Å². The van der Waals surface area contributed by atoms with E-state index in [1.54, 1.807) is 7.11 Å². The molecule has 2 aromatic carbocycles. The number of aliphatic hydroxyl groups excluding tert-OH is 1. The predicted molar refractivity (Wildman–Crippen MR) is 182 cm³/mol. The van der Waals surface area contributed by atoms with E-state index in [1.165, 1.54) is 10.4 Å². The lowest BCUT2D eigenvalue weighted by atomic mass is 9.77. The zero-order chi connectivity index (χ0) is 32.3. The molecule has 2 aromatic rings. The highest BCUT2D eigenvalue weighted by Crippen LogP contribution is 2.53. The first-order valence-corrected chi connectivity index (χ1v) is 21.1. The van der Waals surface area contributed by atoms with Gasteiger partial charge >= 0.3 is 0 Å². The van der Waals surface area contributed by atoms with E-state index in [4.69, 9.17) is 18.3 Å². The summed E-state index contributed by atoms with van der Waals surface area (Å²) in [5, 5.41) is 13.6. The summed E-state index contributed by atoms with van der Waals surface area (Å²) < 4.78 is 26.6. The highest BCUT2D eigenvalue weighted by atomic mass is 28.4. The first kappa shape index (κ1) is 35.2. The van der Waals surface area contributed by atoms with Crippen molar-refractivity contribution in [3.05, 3.63) is 60.7 Å². The van der Waals surface area contributed by atoms with E-state index in [-0.39, 0.29) is 47.9 Å². The Morgan fingerprint density at radius 1 is 0.909 bits per heavy atom. The average molecular weight is 641 g/mol. The second-order valence-electron chi connectivity index (χ2n) is 14.4. The largest absolute Gasteiger partial charge is 0.406 e. The molecule has 8 heteroatoms. The van der Waals surface area contributed by atoms with Crippen molar-refractivity contribution in [1.29, 1.82) is 0 Å². The molecule has 6 nitrogen and oxygen atoms in total. The summed E-state index contributed by atoms with van der Waals surface area (Å²) in [5.74, 6) is -0.404. The fourth-order valence-corrected chi connectivity index (χ4v) is 15.8. The fourth-order valence-electron chi connectivity index (χ4n) is 8.23. The topological polar surface area (TPSA) is 74.2 Å². The van der Waals surface area contributed by atoms with Crippen LogP contribution in [0.25, 0.3) is 0 Å². The van der Waals surface area contributed by atoms with Crippen LogP contribution in [-0.4, -0.2) is 65.3 Å². The lowest BCUT2D eigenvalue weighted by Crippen LogP contribution is -2.68. The van der Waals surface area contributed by atoms with E-state index in [2.05, 4.69) is 109 Å². The third-order valence-electron chi connectivity index (χ3n) is 11.0. The quantitative estimate of drug-likeness (QED) is 0.217. The molecule has 2 saturated carbocycles. The Kier molecular flexibility index (Phi) is 11.2. The summed E-state index contributed by atoms with van der Waals surface area (Å²) in [6.07, 6.45) is -1.02. The van der Waals surface area contributed by atoms with Crippen molar-refractivity contribution in [3.63, 3.8) is 0 Å². The Bertz CT molecular complexity index is 1170. The van der Waals surface area contributed by atoms with Crippen LogP contribution in [0.15, 0.2) is 60.7 Å². The second kappa shape index (κ2) is 14.0. The summed E-state index contributed by atoms with van der Waals surface area (Å²) in [7, 11) is -3.44. The minimum Gasteiger partial charge on any atom is -0.406 e. The zero-order valence-corrected chi connectivity index (χ0v) is 30.5. The van der Waals surface area contributed by atoms with Crippen LogP contribution in [0.4, 0.5) is 0 Å².